The molecular formula is C27H44O4. The Balaban J connectivity index is 1.84. The molecule has 0 fully saturated rings. The summed E-state index contributed by atoms with van der Waals surface area (Å²) in [7, 11) is 0. The van der Waals surface area contributed by atoms with Crippen LogP contribution in [0.15, 0.2) is 18.2 Å². The number of hydrogen-bond donors (Lipinski definition) is 1. The van der Waals surface area contributed by atoms with Crippen molar-refractivity contribution in [1.29, 1.82) is 0 Å². The van der Waals surface area contributed by atoms with Crippen LogP contribution in [0, 0.1) is 0 Å². The third-order valence-electron chi connectivity index (χ3n) is 6.62. The highest BCUT2D eigenvalue weighted by molar-refractivity contribution is 5.78. The molecule has 0 bridgehead atoms. The number of carboxylic acid groups (broad SMARTS) is 1. The molecular weight excluding hydrogens is 388 g/mol. The standard InChI is InChI=1S/C27H44O4/c1-5-7-8-9-10-11-12-13-14-15-19-27(6-2,25(28)29)30-23-16-17-24-22(21-23)18-20-26(3,4)31-24/h16-17,21H,5-15,18-20H2,1-4H3,(H,28,29). The first-order valence-corrected chi connectivity index (χ1v) is 12.6. The number of carbonyl (C=O) groups is 1. The zero-order chi connectivity index (χ0) is 22.7. The van der Waals surface area contributed by atoms with Gasteiger partial charge in [0.05, 0.1) is 0 Å². The minimum Gasteiger partial charge on any atom is -0.488 e. The van der Waals surface area contributed by atoms with Crippen LogP contribution in [0.2, 0.25) is 0 Å². The van der Waals surface area contributed by atoms with Crippen molar-refractivity contribution in [1.82, 2.24) is 0 Å². The molecule has 4 nitrogen and oxygen atoms in total. The number of fused-ring (bicyclic) bond motifs is 1. The van der Waals surface area contributed by atoms with Crippen LogP contribution in [0.5, 0.6) is 11.5 Å². The first-order chi connectivity index (χ1) is 14.8. The Morgan fingerprint density at radius 2 is 1.65 bits per heavy atom. The van der Waals surface area contributed by atoms with Gasteiger partial charge in [-0.2, -0.15) is 0 Å². The summed E-state index contributed by atoms with van der Waals surface area (Å²) in [6, 6.07) is 5.75. The molecule has 4 heteroatoms. The second-order valence-electron chi connectivity index (χ2n) is 9.82. The number of hydrogen-bond acceptors (Lipinski definition) is 3. The van der Waals surface area contributed by atoms with Crippen molar-refractivity contribution in [2.24, 2.45) is 0 Å². The predicted octanol–water partition coefficient (Wildman–Crippen LogP) is 7.71. The van der Waals surface area contributed by atoms with Crippen molar-refractivity contribution in [2.75, 3.05) is 0 Å². The van der Waals surface area contributed by atoms with Crippen LogP contribution >= 0.6 is 0 Å². The molecule has 1 aliphatic rings. The van der Waals surface area contributed by atoms with Crippen molar-refractivity contribution < 1.29 is 19.4 Å². The summed E-state index contributed by atoms with van der Waals surface area (Å²) in [4.78, 5) is 12.2. The van der Waals surface area contributed by atoms with Gasteiger partial charge in [-0.3, -0.25) is 0 Å². The van der Waals surface area contributed by atoms with Crippen molar-refractivity contribution in [3.8, 4) is 11.5 Å². The van der Waals surface area contributed by atoms with Crippen molar-refractivity contribution in [3.05, 3.63) is 23.8 Å². The molecule has 0 radical (unpaired) electrons. The Kier molecular flexibility index (Phi) is 10.2. The molecule has 0 aromatic heterocycles. The van der Waals surface area contributed by atoms with Crippen molar-refractivity contribution in [3.63, 3.8) is 0 Å². The van der Waals surface area contributed by atoms with Gasteiger partial charge in [0, 0.05) is 0 Å². The van der Waals surface area contributed by atoms with E-state index in [-0.39, 0.29) is 5.60 Å². The molecule has 1 aliphatic heterocycles. The van der Waals surface area contributed by atoms with E-state index in [1.54, 1.807) is 0 Å². The van der Waals surface area contributed by atoms with E-state index in [1.807, 2.05) is 25.1 Å². The number of unbranched alkanes of at least 4 members (excludes halogenated alkanes) is 9. The van der Waals surface area contributed by atoms with Crippen LogP contribution in [-0.2, 0) is 11.2 Å². The minimum atomic E-state index is -1.15. The summed E-state index contributed by atoms with van der Waals surface area (Å²) in [5.74, 6) is 0.662. The number of ether oxygens (including phenoxy) is 2. The van der Waals surface area contributed by atoms with Gasteiger partial charge in [-0.1, -0.05) is 71.6 Å². The molecule has 1 atom stereocenters. The largest absolute Gasteiger partial charge is 0.488 e. The number of rotatable bonds is 15. The van der Waals surface area contributed by atoms with Crippen LogP contribution in [0.4, 0.5) is 0 Å². The minimum absolute atomic E-state index is 0.154. The Bertz CT molecular complexity index is 682. The lowest BCUT2D eigenvalue weighted by Crippen LogP contribution is -2.44. The summed E-state index contributed by atoms with van der Waals surface area (Å²) >= 11 is 0. The molecule has 0 saturated carbocycles. The molecule has 2 rings (SSSR count). The molecule has 176 valence electrons. The number of aliphatic carboxylic acids is 1. The molecule has 0 amide bonds. The molecule has 1 unspecified atom stereocenters. The highest BCUT2D eigenvalue weighted by atomic mass is 16.5. The van der Waals surface area contributed by atoms with E-state index < -0.39 is 11.6 Å². The second kappa shape index (κ2) is 12.4. The highest BCUT2D eigenvalue weighted by Gasteiger charge is 2.39. The van der Waals surface area contributed by atoms with Gasteiger partial charge in [0.2, 0.25) is 5.60 Å². The first kappa shape index (κ1) is 25.5. The molecule has 1 heterocycles. The maximum Gasteiger partial charge on any atom is 0.348 e. The quantitative estimate of drug-likeness (QED) is 0.288. The van der Waals surface area contributed by atoms with Crippen LogP contribution in [0.25, 0.3) is 0 Å². The van der Waals surface area contributed by atoms with Gasteiger partial charge < -0.3 is 14.6 Å². The normalized spacial score (nSPS) is 16.8. The topological polar surface area (TPSA) is 55.8 Å². The molecule has 1 aromatic rings. The Hall–Kier alpha value is -1.71. The average molecular weight is 433 g/mol. The summed E-state index contributed by atoms with van der Waals surface area (Å²) in [5.41, 5.74) is -0.200. The van der Waals surface area contributed by atoms with E-state index in [2.05, 4.69) is 20.8 Å². The maximum atomic E-state index is 12.2. The first-order valence-electron chi connectivity index (χ1n) is 12.6. The lowest BCUT2D eigenvalue weighted by atomic mass is 9.92. The third-order valence-corrected chi connectivity index (χ3v) is 6.62. The van der Waals surface area contributed by atoms with E-state index in [1.165, 1.54) is 51.4 Å². The molecule has 1 aromatic carbocycles. The second-order valence-corrected chi connectivity index (χ2v) is 9.82. The number of carboxylic acids is 1. The van der Waals surface area contributed by atoms with Crippen LogP contribution in [0.3, 0.4) is 0 Å². The molecule has 0 saturated heterocycles. The lowest BCUT2D eigenvalue weighted by molar-refractivity contribution is -0.156. The van der Waals surface area contributed by atoms with Gasteiger partial charge in [0.25, 0.3) is 0 Å². The average Bonchev–Trinajstić information content (AvgIpc) is 2.73. The van der Waals surface area contributed by atoms with E-state index in [0.29, 0.717) is 18.6 Å². The zero-order valence-electron chi connectivity index (χ0n) is 20.3. The fraction of sp³-hybridized carbons (Fsp3) is 0.741. The summed E-state index contributed by atoms with van der Waals surface area (Å²) in [5, 5.41) is 9.99. The maximum absolute atomic E-state index is 12.2. The summed E-state index contributed by atoms with van der Waals surface area (Å²) < 4.78 is 12.2. The van der Waals surface area contributed by atoms with Gasteiger partial charge in [-0.05, 0) is 69.7 Å². The Morgan fingerprint density at radius 3 is 2.23 bits per heavy atom. The monoisotopic (exact) mass is 432 g/mol. The Labute approximate surface area is 189 Å². The van der Waals surface area contributed by atoms with Gasteiger partial charge in [0.1, 0.15) is 17.1 Å². The zero-order valence-corrected chi connectivity index (χ0v) is 20.3. The fourth-order valence-corrected chi connectivity index (χ4v) is 4.42. The summed E-state index contributed by atoms with van der Waals surface area (Å²) in [6.07, 6.45) is 15.2. The fourth-order valence-electron chi connectivity index (χ4n) is 4.42. The number of aryl methyl sites for hydroxylation is 1. The Morgan fingerprint density at radius 1 is 1.03 bits per heavy atom. The molecule has 0 spiro atoms. The van der Waals surface area contributed by atoms with Gasteiger partial charge in [0.15, 0.2) is 0 Å². The van der Waals surface area contributed by atoms with Crippen molar-refractivity contribution in [2.45, 2.75) is 129 Å². The van der Waals surface area contributed by atoms with Crippen LogP contribution in [-0.4, -0.2) is 22.3 Å². The number of benzene rings is 1. The lowest BCUT2D eigenvalue weighted by Gasteiger charge is -2.34. The van der Waals surface area contributed by atoms with Gasteiger partial charge in [-0.15, -0.1) is 0 Å². The molecule has 1 N–H and O–H groups in total. The highest BCUT2D eigenvalue weighted by Crippen LogP contribution is 2.37. The summed E-state index contributed by atoms with van der Waals surface area (Å²) in [6.45, 7) is 8.35. The third kappa shape index (κ3) is 8.05. The van der Waals surface area contributed by atoms with Crippen LogP contribution < -0.4 is 9.47 Å². The van der Waals surface area contributed by atoms with Crippen LogP contribution in [0.1, 0.15) is 117 Å². The van der Waals surface area contributed by atoms with Gasteiger partial charge in [-0.25, -0.2) is 4.79 Å². The SMILES string of the molecule is CCCCCCCCCCCCC(CC)(Oc1ccc2c(c1)CCC(C)(C)O2)C(=O)O. The van der Waals surface area contributed by atoms with E-state index in [4.69, 9.17) is 9.47 Å². The van der Waals surface area contributed by atoms with E-state index in [9.17, 15) is 9.90 Å². The van der Waals surface area contributed by atoms with E-state index >= 15 is 0 Å². The smallest absolute Gasteiger partial charge is 0.348 e. The van der Waals surface area contributed by atoms with Gasteiger partial charge >= 0.3 is 5.97 Å². The predicted molar refractivity (Wildman–Crippen MR) is 127 cm³/mol. The molecule has 0 aliphatic carbocycles. The molecule has 31 heavy (non-hydrogen) atoms. The van der Waals surface area contributed by atoms with Crippen molar-refractivity contribution >= 4 is 5.97 Å². The van der Waals surface area contributed by atoms with E-state index in [0.717, 1.165) is 37.0 Å².